The average Bonchev–Trinajstić information content (AvgIpc) is 2.91. The van der Waals surface area contributed by atoms with Gasteiger partial charge in [0, 0.05) is 12.2 Å². The Kier molecular flexibility index (Phi) is 6.08. The largest absolute Gasteiger partial charge is 0.337 e. The molecule has 3 nitrogen and oxygen atoms in total. The third-order valence-corrected chi connectivity index (χ3v) is 5.94. The van der Waals surface area contributed by atoms with Crippen LogP contribution in [0.3, 0.4) is 0 Å². The quantitative estimate of drug-likeness (QED) is 0.727. The summed E-state index contributed by atoms with van der Waals surface area (Å²) in [5.41, 5.74) is 2.53. The Hall–Kier alpha value is -2.29. The Bertz CT molecular complexity index is 718. The number of hydrogen-bond acceptors (Lipinski definition) is 3. The van der Waals surface area contributed by atoms with Gasteiger partial charge in [0.1, 0.15) is 0 Å². The van der Waals surface area contributed by atoms with Crippen LogP contribution in [0.2, 0.25) is 0 Å². The molecule has 2 aromatic carbocycles. The van der Waals surface area contributed by atoms with Crippen molar-refractivity contribution < 1.29 is 0 Å². The van der Waals surface area contributed by atoms with E-state index in [-0.39, 0.29) is 0 Å². The van der Waals surface area contributed by atoms with E-state index in [4.69, 9.17) is 4.99 Å². The van der Waals surface area contributed by atoms with E-state index in [1.54, 1.807) is 0 Å². The zero-order chi connectivity index (χ0) is 18.3. The number of hydrogen-bond donors (Lipinski definition) is 1. The highest BCUT2D eigenvalue weighted by Gasteiger charge is 2.30. The van der Waals surface area contributed by atoms with Gasteiger partial charge in [0.2, 0.25) is 0 Å². The predicted octanol–water partition coefficient (Wildman–Crippen LogP) is 5.35. The van der Waals surface area contributed by atoms with E-state index < -0.39 is 0 Å². The summed E-state index contributed by atoms with van der Waals surface area (Å²) in [4.78, 5) is 7.48. The lowest BCUT2D eigenvalue weighted by Gasteiger charge is -2.32. The van der Waals surface area contributed by atoms with Crippen LogP contribution in [0.15, 0.2) is 65.7 Å². The molecule has 4 rings (SSSR count). The summed E-state index contributed by atoms with van der Waals surface area (Å²) in [7, 11) is 0. The van der Waals surface area contributed by atoms with Crippen molar-refractivity contribution in [2.45, 2.75) is 51.0 Å². The van der Waals surface area contributed by atoms with Gasteiger partial charge in [-0.15, -0.1) is 0 Å². The summed E-state index contributed by atoms with van der Waals surface area (Å²) in [5.74, 6) is 1.86. The Morgan fingerprint density at radius 2 is 1.52 bits per heavy atom. The number of para-hydroxylation sites is 1. The van der Waals surface area contributed by atoms with Gasteiger partial charge < -0.3 is 10.2 Å². The molecule has 0 unspecified atom stereocenters. The molecule has 1 N–H and O–H groups in total. The summed E-state index contributed by atoms with van der Waals surface area (Å²) in [6, 6.07) is 21.8. The molecular formula is C24H31N3. The van der Waals surface area contributed by atoms with Gasteiger partial charge in [0.15, 0.2) is 5.96 Å². The molecule has 1 saturated carbocycles. The second-order valence-corrected chi connectivity index (χ2v) is 8.01. The summed E-state index contributed by atoms with van der Waals surface area (Å²) < 4.78 is 0. The van der Waals surface area contributed by atoms with Crippen molar-refractivity contribution in [2.24, 2.45) is 10.9 Å². The fourth-order valence-corrected chi connectivity index (χ4v) is 4.44. The van der Waals surface area contributed by atoms with Crippen molar-refractivity contribution in [3.63, 3.8) is 0 Å². The minimum absolute atomic E-state index is 0.460. The van der Waals surface area contributed by atoms with Gasteiger partial charge in [-0.05, 0) is 42.9 Å². The van der Waals surface area contributed by atoms with Crippen molar-refractivity contribution in [2.75, 3.05) is 18.4 Å². The minimum atomic E-state index is 0.460. The average molecular weight is 362 g/mol. The first-order chi connectivity index (χ1) is 13.4. The molecule has 1 heterocycles. The molecule has 3 heteroatoms. The number of rotatable bonds is 5. The van der Waals surface area contributed by atoms with Gasteiger partial charge in [0.05, 0.1) is 12.6 Å². The van der Waals surface area contributed by atoms with Crippen LogP contribution in [0.1, 0.15) is 44.1 Å². The van der Waals surface area contributed by atoms with E-state index in [1.807, 2.05) is 0 Å². The molecule has 142 valence electrons. The Labute approximate surface area is 163 Å². The van der Waals surface area contributed by atoms with Gasteiger partial charge in [-0.3, -0.25) is 4.99 Å². The van der Waals surface area contributed by atoms with Gasteiger partial charge in [0.25, 0.3) is 0 Å². The Morgan fingerprint density at radius 3 is 2.22 bits per heavy atom. The molecule has 0 amide bonds. The van der Waals surface area contributed by atoms with Crippen molar-refractivity contribution in [1.29, 1.82) is 0 Å². The van der Waals surface area contributed by atoms with E-state index in [0.29, 0.717) is 6.04 Å². The summed E-state index contributed by atoms with van der Waals surface area (Å²) >= 11 is 0. The first-order valence-electron chi connectivity index (χ1n) is 10.6. The first kappa shape index (κ1) is 18.1. The van der Waals surface area contributed by atoms with Crippen LogP contribution >= 0.6 is 0 Å². The summed E-state index contributed by atoms with van der Waals surface area (Å²) in [5, 5.41) is 3.59. The molecular weight excluding hydrogens is 330 g/mol. The molecule has 0 aromatic heterocycles. The number of guanidine groups is 1. The smallest absolute Gasteiger partial charge is 0.198 e. The lowest BCUT2D eigenvalue weighted by Crippen LogP contribution is -2.44. The SMILES string of the molecule is c1ccc(C[C@H]2CN=C(Nc3ccccc3)N2CC2CCCCCC2)cc1. The number of benzene rings is 2. The zero-order valence-corrected chi connectivity index (χ0v) is 16.2. The maximum absolute atomic E-state index is 4.91. The molecule has 1 fully saturated rings. The Morgan fingerprint density at radius 1 is 0.852 bits per heavy atom. The standard InChI is InChI=1S/C24H31N3/c1-2-6-14-21(13-5-1)19-27-23(17-20-11-7-3-8-12-20)18-25-24(27)26-22-15-9-4-10-16-22/h3-4,7-12,15-16,21,23H,1-2,5-6,13-14,17-19H2,(H,25,26)/t23-/m0/s1. The molecule has 2 aromatic rings. The number of aliphatic imine (C=N–C) groups is 1. The van der Waals surface area contributed by atoms with Crippen molar-refractivity contribution in [1.82, 2.24) is 4.90 Å². The van der Waals surface area contributed by atoms with E-state index in [9.17, 15) is 0 Å². The highest BCUT2D eigenvalue weighted by Crippen LogP contribution is 2.27. The lowest BCUT2D eigenvalue weighted by atomic mass is 9.98. The predicted molar refractivity (Wildman–Crippen MR) is 114 cm³/mol. The maximum Gasteiger partial charge on any atom is 0.198 e. The van der Waals surface area contributed by atoms with E-state index in [1.165, 1.54) is 44.1 Å². The van der Waals surface area contributed by atoms with E-state index >= 15 is 0 Å². The number of nitrogens with one attached hydrogen (secondary N) is 1. The highest BCUT2D eigenvalue weighted by molar-refractivity contribution is 5.95. The van der Waals surface area contributed by atoms with Crippen LogP contribution in [0.4, 0.5) is 5.69 Å². The van der Waals surface area contributed by atoms with Crippen molar-refractivity contribution >= 4 is 11.6 Å². The first-order valence-corrected chi connectivity index (χ1v) is 10.6. The monoisotopic (exact) mass is 361 g/mol. The normalized spacial score (nSPS) is 21.0. The lowest BCUT2D eigenvalue weighted by molar-refractivity contribution is 0.270. The summed E-state index contributed by atoms with van der Waals surface area (Å²) in [6.45, 7) is 2.02. The molecule has 0 saturated heterocycles. The number of anilines is 1. The fraction of sp³-hybridized carbons (Fsp3) is 0.458. The van der Waals surface area contributed by atoms with Crippen molar-refractivity contribution in [3.8, 4) is 0 Å². The van der Waals surface area contributed by atoms with Crippen LogP contribution in [0, 0.1) is 5.92 Å². The van der Waals surface area contributed by atoms with E-state index in [0.717, 1.165) is 37.1 Å². The van der Waals surface area contributed by atoms with Crippen LogP contribution in [-0.2, 0) is 6.42 Å². The van der Waals surface area contributed by atoms with Gasteiger partial charge in [-0.2, -0.15) is 0 Å². The van der Waals surface area contributed by atoms with Gasteiger partial charge in [-0.1, -0.05) is 74.2 Å². The Balaban J connectivity index is 1.48. The second kappa shape index (κ2) is 9.07. The highest BCUT2D eigenvalue weighted by atomic mass is 15.4. The molecule has 0 spiro atoms. The van der Waals surface area contributed by atoms with Crippen LogP contribution in [0.5, 0.6) is 0 Å². The van der Waals surface area contributed by atoms with Crippen LogP contribution in [-0.4, -0.2) is 30.0 Å². The molecule has 0 bridgehead atoms. The zero-order valence-electron chi connectivity index (χ0n) is 16.2. The molecule has 1 aliphatic carbocycles. The van der Waals surface area contributed by atoms with Crippen LogP contribution < -0.4 is 5.32 Å². The van der Waals surface area contributed by atoms with Crippen molar-refractivity contribution in [3.05, 3.63) is 66.2 Å². The second-order valence-electron chi connectivity index (χ2n) is 8.01. The third-order valence-electron chi connectivity index (χ3n) is 5.94. The molecule has 1 atom stereocenters. The molecule has 0 radical (unpaired) electrons. The number of nitrogens with zero attached hydrogens (tertiary/aromatic N) is 2. The third kappa shape index (κ3) is 4.91. The fourth-order valence-electron chi connectivity index (χ4n) is 4.44. The van der Waals surface area contributed by atoms with Gasteiger partial charge in [-0.25, -0.2) is 0 Å². The maximum atomic E-state index is 4.91. The summed E-state index contributed by atoms with van der Waals surface area (Å²) in [6.07, 6.45) is 9.40. The molecule has 1 aliphatic heterocycles. The topological polar surface area (TPSA) is 27.6 Å². The molecule has 27 heavy (non-hydrogen) atoms. The molecule has 2 aliphatic rings. The minimum Gasteiger partial charge on any atom is -0.337 e. The van der Waals surface area contributed by atoms with Crippen LogP contribution in [0.25, 0.3) is 0 Å². The van der Waals surface area contributed by atoms with E-state index in [2.05, 4.69) is 70.9 Å². The van der Waals surface area contributed by atoms with Gasteiger partial charge >= 0.3 is 0 Å².